The Morgan fingerprint density at radius 3 is 2.88 bits per heavy atom. The number of amides is 1. The molecule has 0 atom stereocenters. The normalized spacial score (nSPS) is 14.6. The summed E-state index contributed by atoms with van der Waals surface area (Å²) in [6, 6.07) is 6.51. The van der Waals surface area contributed by atoms with Crippen molar-refractivity contribution in [3.63, 3.8) is 0 Å². The van der Waals surface area contributed by atoms with Gasteiger partial charge in [-0.1, -0.05) is 6.07 Å². The lowest BCUT2D eigenvalue weighted by Crippen LogP contribution is -2.20. The molecule has 0 aliphatic heterocycles. The van der Waals surface area contributed by atoms with Crippen molar-refractivity contribution < 1.29 is 9.53 Å². The first kappa shape index (κ1) is 12.4. The number of carbonyl (C=O) groups is 1. The molecule has 1 aliphatic carbocycles. The average Bonchev–Trinajstić information content (AvgIpc) is 3.08. The van der Waals surface area contributed by atoms with Crippen LogP contribution in [0.25, 0.3) is 0 Å². The van der Waals surface area contributed by atoms with Crippen LogP contribution in [-0.4, -0.2) is 18.6 Å². The number of hydrogen-bond donors (Lipinski definition) is 2. The molecule has 2 rings (SSSR count). The van der Waals surface area contributed by atoms with Gasteiger partial charge in [0, 0.05) is 12.6 Å². The highest BCUT2D eigenvalue weighted by Crippen LogP contribution is 2.26. The van der Waals surface area contributed by atoms with Gasteiger partial charge < -0.3 is 15.8 Å². The molecule has 1 aromatic rings. The van der Waals surface area contributed by atoms with Crippen LogP contribution in [-0.2, 0) is 11.3 Å². The molecule has 0 saturated heterocycles. The highest BCUT2D eigenvalue weighted by Gasteiger charge is 2.19. The molecule has 0 radical (unpaired) electrons. The number of carbonyl (C=O) groups excluding carboxylic acids is 1. The van der Waals surface area contributed by atoms with Gasteiger partial charge in [0.05, 0.1) is 4.47 Å². The molecule has 1 aliphatic rings. The van der Waals surface area contributed by atoms with E-state index in [9.17, 15) is 4.79 Å². The van der Waals surface area contributed by atoms with Gasteiger partial charge in [0.25, 0.3) is 5.91 Å². The number of primary amides is 1. The van der Waals surface area contributed by atoms with Gasteiger partial charge in [0.2, 0.25) is 0 Å². The molecule has 0 bridgehead atoms. The Labute approximate surface area is 109 Å². The molecular formula is C12H15BrN2O2. The van der Waals surface area contributed by atoms with Crippen LogP contribution in [0.1, 0.15) is 18.4 Å². The molecular weight excluding hydrogens is 284 g/mol. The lowest BCUT2D eigenvalue weighted by atomic mass is 10.2. The predicted molar refractivity (Wildman–Crippen MR) is 68.7 cm³/mol. The quantitative estimate of drug-likeness (QED) is 0.838. The minimum Gasteiger partial charge on any atom is -0.483 e. The second kappa shape index (κ2) is 5.51. The third-order valence-electron chi connectivity index (χ3n) is 2.54. The van der Waals surface area contributed by atoms with E-state index >= 15 is 0 Å². The van der Waals surface area contributed by atoms with Crippen LogP contribution in [0.15, 0.2) is 22.7 Å². The van der Waals surface area contributed by atoms with Gasteiger partial charge in [-0.05, 0) is 46.5 Å². The maximum absolute atomic E-state index is 10.6. The van der Waals surface area contributed by atoms with Crippen LogP contribution in [0, 0.1) is 0 Å². The van der Waals surface area contributed by atoms with E-state index in [-0.39, 0.29) is 6.61 Å². The number of nitrogens with two attached hydrogens (primary N) is 1. The van der Waals surface area contributed by atoms with Crippen molar-refractivity contribution in [2.24, 2.45) is 5.73 Å². The zero-order valence-corrected chi connectivity index (χ0v) is 11.0. The van der Waals surface area contributed by atoms with Gasteiger partial charge in [-0.2, -0.15) is 0 Å². The summed E-state index contributed by atoms with van der Waals surface area (Å²) in [5.74, 6) is 0.162. The van der Waals surface area contributed by atoms with Crippen LogP contribution in [0.2, 0.25) is 0 Å². The molecule has 3 N–H and O–H groups in total. The Bertz CT molecular complexity index is 419. The highest BCUT2D eigenvalue weighted by atomic mass is 79.9. The second-order valence-corrected chi connectivity index (χ2v) is 5.03. The Kier molecular flexibility index (Phi) is 4.02. The Morgan fingerprint density at radius 2 is 2.29 bits per heavy atom. The topological polar surface area (TPSA) is 64.4 Å². The van der Waals surface area contributed by atoms with Crippen molar-refractivity contribution in [1.82, 2.24) is 5.32 Å². The predicted octanol–water partition coefficient (Wildman–Crippen LogP) is 1.57. The third kappa shape index (κ3) is 4.02. The number of halogens is 1. The van der Waals surface area contributed by atoms with E-state index in [2.05, 4.69) is 21.2 Å². The molecule has 17 heavy (non-hydrogen) atoms. The number of benzene rings is 1. The van der Waals surface area contributed by atoms with Gasteiger partial charge in [-0.25, -0.2) is 0 Å². The zero-order valence-electron chi connectivity index (χ0n) is 9.41. The van der Waals surface area contributed by atoms with Gasteiger partial charge >= 0.3 is 0 Å². The van der Waals surface area contributed by atoms with E-state index in [1.54, 1.807) is 0 Å². The molecule has 92 valence electrons. The summed E-state index contributed by atoms with van der Waals surface area (Å²) in [6.45, 7) is 0.762. The fourth-order valence-corrected chi connectivity index (χ4v) is 2.01. The molecule has 5 heteroatoms. The molecule has 0 unspecified atom stereocenters. The minimum absolute atomic E-state index is 0.0989. The lowest BCUT2D eigenvalue weighted by molar-refractivity contribution is -0.119. The van der Waals surface area contributed by atoms with Crippen molar-refractivity contribution >= 4 is 21.8 Å². The van der Waals surface area contributed by atoms with E-state index in [1.165, 1.54) is 18.4 Å². The van der Waals surface area contributed by atoms with Gasteiger partial charge in [0.15, 0.2) is 6.61 Å². The highest BCUT2D eigenvalue weighted by molar-refractivity contribution is 9.10. The Morgan fingerprint density at radius 1 is 1.53 bits per heavy atom. The van der Waals surface area contributed by atoms with Gasteiger partial charge in [-0.3, -0.25) is 4.79 Å². The molecule has 0 spiro atoms. The second-order valence-electron chi connectivity index (χ2n) is 4.17. The van der Waals surface area contributed by atoms with Crippen LogP contribution >= 0.6 is 15.9 Å². The minimum atomic E-state index is -0.476. The van der Waals surface area contributed by atoms with Gasteiger partial charge in [-0.15, -0.1) is 0 Å². The van der Waals surface area contributed by atoms with Crippen molar-refractivity contribution in [2.75, 3.05) is 6.61 Å². The van der Waals surface area contributed by atoms with E-state index in [0.29, 0.717) is 11.8 Å². The largest absolute Gasteiger partial charge is 0.483 e. The first-order chi connectivity index (χ1) is 8.15. The van der Waals surface area contributed by atoms with Crippen molar-refractivity contribution in [2.45, 2.75) is 25.4 Å². The summed E-state index contributed by atoms with van der Waals surface area (Å²) in [4.78, 5) is 10.6. The Hall–Kier alpha value is -1.07. The fourth-order valence-electron chi connectivity index (χ4n) is 1.47. The standard InChI is InChI=1S/C12H15BrN2O2/c13-10-5-8(6-15-9-2-3-9)1-4-11(10)17-7-12(14)16/h1,4-5,9,15H,2-3,6-7H2,(H2,14,16). The molecule has 1 saturated carbocycles. The maximum Gasteiger partial charge on any atom is 0.255 e. The van der Waals surface area contributed by atoms with E-state index in [0.717, 1.165) is 11.0 Å². The van der Waals surface area contributed by atoms with E-state index in [4.69, 9.17) is 10.5 Å². The summed E-state index contributed by atoms with van der Waals surface area (Å²) in [7, 11) is 0. The van der Waals surface area contributed by atoms with Crippen molar-refractivity contribution in [3.8, 4) is 5.75 Å². The summed E-state index contributed by atoms with van der Waals surface area (Å²) >= 11 is 3.42. The smallest absolute Gasteiger partial charge is 0.255 e. The number of rotatable bonds is 6. The third-order valence-corrected chi connectivity index (χ3v) is 3.16. The number of ether oxygens (including phenoxy) is 1. The first-order valence-corrected chi connectivity index (χ1v) is 6.37. The van der Waals surface area contributed by atoms with Crippen molar-refractivity contribution in [3.05, 3.63) is 28.2 Å². The van der Waals surface area contributed by atoms with Crippen LogP contribution in [0.4, 0.5) is 0 Å². The zero-order chi connectivity index (χ0) is 12.3. The average molecular weight is 299 g/mol. The molecule has 1 amide bonds. The van der Waals surface area contributed by atoms with E-state index in [1.807, 2.05) is 18.2 Å². The Balaban J connectivity index is 1.92. The summed E-state index contributed by atoms with van der Waals surface area (Å²) in [6.07, 6.45) is 2.56. The maximum atomic E-state index is 10.6. The first-order valence-electron chi connectivity index (χ1n) is 5.58. The molecule has 0 heterocycles. The van der Waals surface area contributed by atoms with Crippen molar-refractivity contribution in [1.29, 1.82) is 0 Å². The molecule has 4 nitrogen and oxygen atoms in total. The van der Waals surface area contributed by atoms with Crippen LogP contribution < -0.4 is 15.8 Å². The summed E-state index contributed by atoms with van der Waals surface area (Å²) in [5.41, 5.74) is 6.21. The molecule has 1 aromatic carbocycles. The van der Waals surface area contributed by atoms with Gasteiger partial charge in [0.1, 0.15) is 5.75 Å². The van der Waals surface area contributed by atoms with Crippen LogP contribution in [0.5, 0.6) is 5.75 Å². The summed E-state index contributed by atoms with van der Waals surface area (Å²) < 4.78 is 6.09. The van der Waals surface area contributed by atoms with E-state index < -0.39 is 5.91 Å². The SMILES string of the molecule is NC(=O)COc1ccc(CNC2CC2)cc1Br. The van der Waals surface area contributed by atoms with Crippen LogP contribution in [0.3, 0.4) is 0 Å². The monoisotopic (exact) mass is 298 g/mol. The molecule has 1 fully saturated rings. The lowest BCUT2D eigenvalue weighted by Gasteiger charge is -2.08. The fraction of sp³-hybridized carbons (Fsp3) is 0.417. The number of hydrogen-bond acceptors (Lipinski definition) is 3. The molecule has 0 aromatic heterocycles. The summed E-state index contributed by atoms with van der Waals surface area (Å²) in [5, 5.41) is 3.43. The number of nitrogens with one attached hydrogen (secondary N) is 1.